The molecule has 0 spiro atoms. The Kier molecular flexibility index (Phi) is 6.98. The summed E-state index contributed by atoms with van der Waals surface area (Å²) < 4.78 is 6.44. The number of fused-ring (bicyclic) bond motifs is 12. The van der Waals surface area contributed by atoms with Crippen LogP contribution in [0.3, 0.4) is 0 Å². The Morgan fingerprint density at radius 1 is 0.362 bits per heavy atom. The highest BCUT2D eigenvalue weighted by Crippen LogP contribution is 2.51. The summed E-state index contributed by atoms with van der Waals surface area (Å²) in [5.74, 6) is 0. The van der Waals surface area contributed by atoms with Gasteiger partial charge in [0.05, 0.1) is 11.0 Å². The van der Waals surface area contributed by atoms with E-state index in [9.17, 15) is 0 Å². The van der Waals surface area contributed by atoms with E-state index in [2.05, 4.69) is 178 Å². The molecule has 0 atom stereocenters. The van der Waals surface area contributed by atoms with Crippen molar-refractivity contribution in [2.45, 2.75) is 19.3 Å². The third-order valence-electron chi connectivity index (χ3n) is 12.6. The summed E-state index contributed by atoms with van der Waals surface area (Å²) in [4.78, 5) is 9.46. The molecule has 3 nitrogen and oxygen atoms in total. The van der Waals surface area contributed by atoms with Crippen LogP contribution in [0.15, 0.2) is 187 Å². The number of aromatic nitrogens is 2. The minimum absolute atomic E-state index is 0.172. The first kappa shape index (κ1) is 32.8. The van der Waals surface area contributed by atoms with Crippen LogP contribution in [0.1, 0.15) is 25.0 Å². The molecule has 11 aromatic rings. The number of hydrogen-bond acceptors (Lipinski definition) is 3. The van der Waals surface area contributed by atoms with E-state index in [1.807, 2.05) is 6.07 Å². The summed E-state index contributed by atoms with van der Waals surface area (Å²) in [5.41, 5.74) is 18.4. The number of benzene rings is 9. The van der Waals surface area contributed by atoms with E-state index in [1.165, 1.54) is 72.0 Å². The molecule has 58 heavy (non-hydrogen) atoms. The van der Waals surface area contributed by atoms with Gasteiger partial charge in [-0.25, -0.2) is 0 Å². The minimum atomic E-state index is -0.172. The van der Waals surface area contributed by atoms with Gasteiger partial charge in [0.1, 0.15) is 11.2 Å². The van der Waals surface area contributed by atoms with Crippen LogP contribution in [-0.4, -0.2) is 9.97 Å². The van der Waals surface area contributed by atoms with Crippen molar-refractivity contribution in [1.29, 1.82) is 0 Å². The van der Waals surface area contributed by atoms with Crippen LogP contribution in [-0.2, 0) is 5.41 Å². The van der Waals surface area contributed by atoms with Crippen molar-refractivity contribution in [2.24, 2.45) is 0 Å². The molecule has 0 N–H and O–H groups in total. The fraction of sp³-hybridized carbons (Fsp3) is 0.0545. The van der Waals surface area contributed by atoms with Crippen LogP contribution in [0.5, 0.6) is 0 Å². The first-order chi connectivity index (χ1) is 28.5. The zero-order valence-electron chi connectivity index (χ0n) is 32.1. The monoisotopic (exact) mass is 740 g/mol. The first-order valence-electron chi connectivity index (χ1n) is 20.0. The molecule has 0 radical (unpaired) electrons. The minimum Gasteiger partial charge on any atom is -0.455 e. The molecule has 0 bridgehead atoms. The quantitative estimate of drug-likeness (QED) is 0.169. The van der Waals surface area contributed by atoms with Gasteiger partial charge in [0.25, 0.3) is 0 Å². The van der Waals surface area contributed by atoms with Gasteiger partial charge in [-0.1, -0.05) is 147 Å². The van der Waals surface area contributed by atoms with E-state index in [0.29, 0.717) is 0 Å². The second-order valence-corrected chi connectivity index (χ2v) is 16.1. The Morgan fingerprint density at radius 2 is 0.862 bits per heavy atom. The number of furan rings is 1. The molecule has 0 fully saturated rings. The van der Waals surface area contributed by atoms with Crippen molar-refractivity contribution in [2.75, 3.05) is 0 Å². The molecule has 12 rings (SSSR count). The van der Waals surface area contributed by atoms with Gasteiger partial charge in [-0.15, -0.1) is 0 Å². The fourth-order valence-corrected chi connectivity index (χ4v) is 9.63. The Morgan fingerprint density at radius 3 is 1.55 bits per heavy atom. The van der Waals surface area contributed by atoms with E-state index < -0.39 is 0 Å². The molecule has 0 amide bonds. The fourth-order valence-electron chi connectivity index (χ4n) is 9.63. The normalized spacial score (nSPS) is 13.1. The maximum atomic E-state index is 6.44. The molecular weight excluding hydrogens is 705 g/mol. The number of rotatable bonds is 4. The van der Waals surface area contributed by atoms with Crippen LogP contribution in [0.25, 0.3) is 110 Å². The summed E-state index contributed by atoms with van der Waals surface area (Å²) in [6.45, 7) is 4.72. The maximum Gasteiger partial charge on any atom is 0.143 e. The van der Waals surface area contributed by atoms with Gasteiger partial charge >= 0.3 is 0 Å². The third-order valence-corrected chi connectivity index (χ3v) is 12.6. The lowest BCUT2D eigenvalue weighted by Gasteiger charge is -2.22. The Hall–Kier alpha value is -7.36. The Balaban J connectivity index is 0.892. The largest absolute Gasteiger partial charge is 0.455 e. The molecule has 1 aliphatic carbocycles. The van der Waals surface area contributed by atoms with Gasteiger partial charge in [0, 0.05) is 44.9 Å². The zero-order chi connectivity index (χ0) is 38.5. The standard InChI is InChI=1S/C55H36N2O/c1-55(2)49-31-38(20-23-42(49)43-24-22-39(32-50(43)55)40-17-9-18-47-44-15-5-6-19-51(44)58-54(40)47)36-13-8-11-34(29-36)33-10-7-12-35(28-33)37-21-25-46-48(30-37)41-14-3-4-16-45(41)52-53(46)57-27-26-56-52/h3-32H,1-2H3. The highest BCUT2D eigenvalue weighted by atomic mass is 16.3. The van der Waals surface area contributed by atoms with Crippen LogP contribution in [0.2, 0.25) is 0 Å². The molecular formula is C55H36N2O. The molecule has 0 aliphatic heterocycles. The van der Waals surface area contributed by atoms with E-state index in [1.54, 1.807) is 12.4 Å². The average Bonchev–Trinajstić information content (AvgIpc) is 3.78. The summed E-state index contributed by atoms with van der Waals surface area (Å²) >= 11 is 0. The lowest BCUT2D eigenvalue weighted by atomic mass is 9.80. The highest BCUT2D eigenvalue weighted by Gasteiger charge is 2.36. The van der Waals surface area contributed by atoms with Crippen LogP contribution in [0, 0.1) is 0 Å². The van der Waals surface area contributed by atoms with E-state index >= 15 is 0 Å². The van der Waals surface area contributed by atoms with Gasteiger partial charge in [-0.2, -0.15) is 0 Å². The van der Waals surface area contributed by atoms with Crippen molar-refractivity contribution in [3.63, 3.8) is 0 Å². The predicted molar refractivity (Wildman–Crippen MR) is 241 cm³/mol. The SMILES string of the molecule is CC1(C)c2cc(-c3cccc(-c4cccc(-c5ccc6c(c5)c5ccccc5c5nccnc65)c4)c3)ccc2-c2ccc(-c3cccc4c3oc3ccccc34)cc21. The van der Waals surface area contributed by atoms with Gasteiger partial charge in [-0.3, -0.25) is 9.97 Å². The molecule has 0 unspecified atom stereocenters. The topological polar surface area (TPSA) is 38.9 Å². The predicted octanol–water partition coefficient (Wildman–Crippen LogP) is 14.8. The Labute approximate surface area is 335 Å². The highest BCUT2D eigenvalue weighted by molar-refractivity contribution is 6.23. The summed E-state index contributed by atoms with van der Waals surface area (Å²) in [6.07, 6.45) is 3.56. The summed E-state index contributed by atoms with van der Waals surface area (Å²) in [5, 5.41) is 6.94. The second-order valence-electron chi connectivity index (χ2n) is 16.1. The molecule has 1 aliphatic rings. The number of hydrogen-bond donors (Lipinski definition) is 0. The van der Waals surface area contributed by atoms with Crippen molar-refractivity contribution < 1.29 is 4.42 Å². The van der Waals surface area contributed by atoms with E-state index in [4.69, 9.17) is 14.4 Å². The first-order valence-corrected chi connectivity index (χ1v) is 20.0. The van der Waals surface area contributed by atoms with Crippen molar-refractivity contribution in [3.05, 3.63) is 193 Å². The molecule has 9 aromatic carbocycles. The summed E-state index contributed by atoms with van der Waals surface area (Å²) in [6, 6.07) is 61.9. The third kappa shape index (κ3) is 4.86. The van der Waals surface area contributed by atoms with Gasteiger partial charge in [0.15, 0.2) is 0 Å². The lowest BCUT2D eigenvalue weighted by molar-refractivity contribution is 0.660. The number of para-hydroxylation sites is 2. The molecule has 0 saturated heterocycles. The Bertz CT molecular complexity index is 3460. The molecule has 3 heteroatoms. The second kappa shape index (κ2) is 12.3. The van der Waals surface area contributed by atoms with Gasteiger partial charge in [-0.05, 0) is 108 Å². The van der Waals surface area contributed by atoms with Crippen molar-refractivity contribution >= 4 is 54.5 Å². The lowest BCUT2D eigenvalue weighted by Crippen LogP contribution is -2.15. The molecule has 0 saturated carbocycles. The van der Waals surface area contributed by atoms with Crippen LogP contribution >= 0.6 is 0 Å². The average molecular weight is 741 g/mol. The van der Waals surface area contributed by atoms with Gasteiger partial charge < -0.3 is 4.42 Å². The van der Waals surface area contributed by atoms with Crippen LogP contribution in [0.4, 0.5) is 0 Å². The van der Waals surface area contributed by atoms with Gasteiger partial charge in [0.2, 0.25) is 0 Å². The van der Waals surface area contributed by atoms with Crippen LogP contribution < -0.4 is 0 Å². The maximum absolute atomic E-state index is 6.44. The molecule has 2 aromatic heterocycles. The molecule has 272 valence electrons. The smallest absolute Gasteiger partial charge is 0.143 e. The zero-order valence-corrected chi connectivity index (χ0v) is 32.1. The van der Waals surface area contributed by atoms with E-state index in [-0.39, 0.29) is 5.41 Å². The molecule has 2 heterocycles. The van der Waals surface area contributed by atoms with Crippen molar-refractivity contribution in [3.8, 4) is 55.6 Å². The summed E-state index contributed by atoms with van der Waals surface area (Å²) in [7, 11) is 0. The van der Waals surface area contributed by atoms with Crippen molar-refractivity contribution in [1.82, 2.24) is 9.97 Å². The number of nitrogens with zero attached hydrogens (tertiary/aromatic N) is 2. The van der Waals surface area contributed by atoms with E-state index in [0.717, 1.165) is 49.3 Å².